The van der Waals surface area contributed by atoms with E-state index in [2.05, 4.69) is 20.4 Å². The molecule has 1 amide bonds. The predicted molar refractivity (Wildman–Crippen MR) is 83.3 cm³/mol. The lowest BCUT2D eigenvalue weighted by atomic mass is 9.75. The Balaban J connectivity index is 1.81. The zero-order valence-electron chi connectivity index (χ0n) is 13.1. The number of rotatable bonds is 4. The molecule has 0 spiro atoms. The summed E-state index contributed by atoms with van der Waals surface area (Å²) in [7, 11) is 1.83. The minimum atomic E-state index is -0.308. The highest BCUT2D eigenvalue weighted by atomic mass is 16.3. The number of hydrogen-bond acceptors (Lipinski definition) is 6. The molecule has 2 aromatic heterocycles. The highest BCUT2D eigenvalue weighted by molar-refractivity contribution is 5.92. The Hall–Kier alpha value is -2.48. The summed E-state index contributed by atoms with van der Waals surface area (Å²) in [5.74, 6) is -0.0528. The molecule has 1 fully saturated rings. The molecule has 4 N–H and O–H groups in total. The Bertz CT molecular complexity index is 702. The Labute approximate surface area is 133 Å². The summed E-state index contributed by atoms with van der Waals surface area (Å²) in [6, 6.07) is 1.39. The van der Waals surface area contributed by atoms with Gasteiger partial charge in [0.05, 0.1) is 18.3 Å². The fourth-order valence-electron chi connectivity index (χ4n) is 2.90. The van der Waals surface area contributed by atoms with Gasteiger partial charge in [0.25, 0.3) is 5.91 Å². The fraction of sp³-hybridized carbons (Fsp3) is 0.467. The van der Waals surface area contributed by atoms with Gasteiger partial charge in [-0.25, -0.2) is 9.97 Å². The van der Waals surface area contributed by atoms with Crippen LogP contribution in [-0.4, -0.2) is 36.9 Å². The molecular weight excluding hydrogens is 296 g/mol. The Morgan fingerprint density at radius 1 is 1.48 bits per heavy atom. The molecule has 2 aromatic rings. The van der Waals surface area contributed by atoms with Crippen LogP contribution < -0.4 is 11.1 Å². The highest BCUT2D eigenvalue weighted by Gasteiger charge is 2.36. The zero-order valence-corrected chi connectivity index (χ0v) is 13.1. The van der Waals surface area contributed by atoms with Crippen molar-refractivity contribution >= 4 is 11.9 Å². The first-order valence-corrected chi connectivity index (χ1v) is 7.51. The van der Waals surface area contributed by atoms with Crippen molar-refractivity contribution in [2.45, 2.75) is 31.9 Å². The summed E-state index contributed by atoms with van der Waals surface area (Å²) in [5, 5.41) is 16.7. The van der Waals surface area contributed by atoms with Crippen LogP contribution in [0.3, 0.4) is 0 Å². The summed E-state index contributed by atoms with van der Waals surface area (Å²) < 4.78 is 1.69. The monoisotopic (exact) mass is 316 g/mol. The van der Waals surface area contributed by atoms with Crippen molar-refractivity contribution in [2.24, 2.45) is 13.0 Å². The molecule has 1 aliphatic rings. The molecule has 0 bridgehead atoms. The van der Waals surface area contributed by atoms with Gasteiger partial charge in [0.15, 0.2) is 0 Å². The molecule has 1 atom stereocenters. The maximum Gasteiger partial charge on any atom is 0.270 e. The van der Waals surface area contributed by atoms with Gasteiger partial charge in [-0.2, -0.15) is 5.10 Å². The van der Waals surface area contributed by atoms with Crippen LogP contribution in [0, 0.1) is 12.8 Å². The fourth-order valence-corrected chi connectivity index (χ4v) is 2.90. The number of aryl methyl sites for hydroxylation is 2. The van der Waals surface area contributed by atoms with E-state index < -0.39 is 0 Å². The summed E-state index contributed by atoms with van der Waals surface area (Å²) in [5.41, 5.74) is 7.40. The van der Waals surface area contributed by atoms with Gasteiger partial charge in [0, 0.05) is 24.5 Å². The molecule has 0 aromatic carbocycles. The van der Waals surface area contributed by atoms with Crippen molar-refractivity contribution < 1.29 is 9.90 Å². The number of aromatic nitrogens is 4. The van der Waals surface area contributed by atoms with E-state index in [4.69, 9.17) is 5.73 Å². The van der Waals surface area contributed by atoms with E-state index >= 15 is 0 Å². The van der Waals surface area contributed by atoms with Gasteiger partial charge in [0.1, 0.15) is 5.69 Å². The molecule has 2 heterocycles. The second-order valence-corrected chi connectivity index (χ2v) is 6.04. The number of carbonyl (C=O) groups is 1. The third-order valence-corrected chi connectivity index (χ3v) is 4.10. The van der Waals surface area contributed by atoms with Crippen LogP contribution in [0.4, 0.5) is 5.95 Å². The molecule has 8 nitrogen and oxygen atoms in total. The number of hydrogen-bond donors (Lipinski definition) is 3. The quantitative estimate of drug-likeness (QED) is 0.748. The first kappa shape index (κ1) is 15.4. The number of anilines is 1. The van der Waals surface area contributed by atoms with Crippen LogP contribution in [0.15, 0.2) is 18.5 Å². The molecule has 3 rings (SSSR count). The van der Waals surface area contributed by atoms with Gasteiger partial charge >= 0.3 is 0 Å². The van der Waals surface area contributed by atoms with Crippen LogP contribution in [0.2, 0.25) is 0 Å². The Morgan fingerprint density at radius 3 is 2.78 bits per heavy atom. The average molecular weight is 316 g/mol. The largest absolute Gasteiger partial charge is 0.393 e. The molecule has 0 aliphatic heterocycles. The van der Waals surface area contributed by atoms with Crippen LogP contribution in [0.1, 0.15) is 40.6 Å². The van der Waals surface area contributed by atoms with Crippen molar-refractivity contribution in [3.8, 4) is 0 Å². The normalized spacial score (nSPS) is 21.5. The molecule has 0 saturated heterocycles. The predicted octanol–water partition coefficient (Wildman–Crippen LogP) is 0.343. The molecule has 8 heteroatoms. The smallest absolute Gasteiger partial charge is 0.270 e. The number of nitrogens with two attached hydrogens (primary N) is 1. The summed E-state index contributed by atoms with van der Waals surface area (Å²) in [4.78, 5) is 20.5. The van der Waals surface area contributed by atoms with Gasteiger partial charge in [0.2, 0.25) is 5.95 Å². The van der Waals surface area contributed by atoms with E-state index in [1.165, 1.54) is 0 Å². The number of nitrogens with zero attached hydrogens (tertiary/aromatic N) is 4. The molecular formula is C15H20N6O2. The van der Waals surface area contributed by atoms with Crippen molar-refractivity contribution in [2.75, 3.05) is 5.73 Å². The Kier molecular flexibility index (Phi) is 3.99. The second-order valence-electron chi connectivity index (χ2n) is 6.04. The summed E-state index contributed by atoms with van der Waals surface area (Å²) >= 11 is 0. The van der Waals surface area contributed by atoms with Crippen LogP contribution in [0.25, 0.3) is 0 Å². The topological polar surface area (TPSA) is 119 Å². The molecule has 122 valence electrons. The number of amides is 1. The molecule has 23 heavy (non-hydrogen) atoms. The highest BCUT2D eigenvalue weighted by Crippen LogP contribution is 2.38. The Morgan fingerprint density at radius 2 is 2.22 bits per heavy atom. The first-order chi connectivity index (χ1) is 10.9. The summed E-state index contributed by atoms with van der Waals surface area (Å²) in [6.45, 7) is 1.76. The maximum atomic E-state index is 12.5. The van der Waals surface area contributed by atoms with Gasteiger partial charge in [-0.05, 0) is 31.7 Å². The van der Waals surface area contributed by atoms with Crippen molar-refractivity contribution in [3.63, 3.8) is 0 Å². The lowest BCUT2D eigenvalue weighted by Gasteiger charge is -2.37. The third kappa shape index (κ3) is 3.31. The molecule has 1 saturated carbocycles. The van der Waals surface area contributed by atoms with E-state index in [0.29, 0.717) is 18.5 Å². The molecule has 0 unspecified atom stereocenters. The van der Waals surface area contributed by atoms with Crippen molar-refractivity contribution in [1.29, 1.82) is 0 Å². The van der Waals surface area contributed by atoms with Crippen molar-refractivity contribution in [3.05, 3.63) is 35.4 Å². The van der Waals surface area contributed by atoms with Gasteiger partial charge in [-0.1, -0.05) is 0 Å². The van der Waals surface area contributed by atoms with E-state index in [1.807, 2.05) is 13.2 Å². The van der Waals surface area contributed by atoms with Crippen LogP contribution in [-0.2, 0) is 7.05 Å². The van der Waals surface area contributed by atoms with Crippen LogP contribution >= 0.6 is 0 Å². The molecule has 0 radical (unpaired) electrons. The lowest BCUT2D eigenvalue weighted by molar-refractivity contribution is 0.0234. The van der Waals surface area contributed by atoms with Crippen molar-refractivity contribution in [1.82, 2.24) is 25.1 Å². The van der Waals surface area contributed by atoms with E-state index in [9.17, 15) is 9.90 Å². The number of nitrogen functional groups attached to an aromatic ring is 1. The number of nitrogens with one attached hydrogen (secondary N) is 1. The average Bonchev–Trinajstić information content (AvgIpc) is 2.87. The van der Waals surface area contributed by atoms with Gasteiger partial charge in [-0.15, -0.1) is 0 Å². The standard InChI is InChI=1S/C15H20N6O2/c1-8-3-12(19-15(16)18-8)14(23)20-13(9-4-11(22)5-9)10-6-17-21(2)7-10/h3,6-7,9,11,13,22H,4-5H2,1-2H3,(H,20,23)(H2,16,18,19)/t9?,11?,13-/m0/s1. The minimum Gasteiger partial charge on any atom is -0.393 e. The number of aliphatic hydroxyl groups is 1. The number of carbonyl (C=O) groups excluding carboxylic acids is 1. The second kappa shape index (κ2) is 5.96. The number of aliphatic hydroxyl groups excluding tert-OH is 1. The lowest BCUT2D eigenvalue weighted by Crippen LogP contribution is -2.41. The molecule has 1 aliphatic carbocycles. The first-order valence-electron chi connectivity index (χ1n) is 7.51. The maximum absolute atomic E-state index is 12.5. The van der Waals surface area contributed by atoms with Crippen LogP contribution in [0.5, 0.6) is 0 Å². The SMILES string of the molecule is Cc1cc(C(=O)N[C@H](c2cnn(C)c2)C2CC(O)C2)nc(N)n1. The minimum absolute atomic E-state index is 0.0761. The van der Waals surface area contributed by atoms with E-state index in [0.717, 1.165) is 5.56 Å². The van der Waals surface area contributed by atoms with E-state index in [-0.39, 0.29) is 35.6 Å². The summed E-state index contributed by atoms with van der Waals surface area (Å²) in [6.07, 6.45) is 4.62. The van der Waals surface area contributed by atoms with Gasteiger partial charge < -0.3 is 16.2 Å². The van der Waals surface area contributed by atoms with Gasteiger partial charge in [-0.3, -0.25) is 9.48 Å². The third-order valence-electron chi connectivity index (χ3n) is 4.10. The van der Waals surface area contributed by atoms with E-state index in [1.54, 1.807) is 23.9 Å². The zero-order chi connectivity index (χ0) is 16.6.